The van der Waals surface area contributed by atoms with Crippen molar-refractivity contribution in [3.05, 3.63) is 81.0 Å². The van der Waals surface area contributed by atoms with Gasteiger partial charge in [0.1, 0.15) is 18.1 Å². The van der Waals surface area contributed by atoms with Crippen molar-refractivity contribution in [3.8, 4) is 5.75 Å². The largest absolute Gasteiger partial charge is 0.489 e. The lowest BCUT2D eigenvalue weighted by Gasteiger charge is -2.08. The zero-order valence-electron chi connectivity index (χ0n) is 17.0. The van der Waals surface area contributed by atoms with Crippen LogP contribution >= 0.6 is 23.2 Å². The van der Waals surface area contributed by atoms with Gasteiger partial charge in [0, 0.05) is 30.9 Å². The van der Waals surface area contributed by atoms with E-state index in [0.717, 1.165) is 22.7 Å². The summed E-state index contributed by atoms with van der Waals surface area (Å²) in [6.07, 6.45) is 4.16. The second-order valence-corrected chi connectivity index (χ2v) is 7.93. The number of nitrogens with zero attached hydrogens (tertiary/aromatic N) is 3. The molecule has 0 aliphatic rings. The van der Waals surface area contributed by atoms with Gasteiger partial charge in [-0.3, -0.25) is 4.79 Å². The summed E-state index contributed by atoms with van der Waals surface area (Å²) in [5.74, 6) is 1.24. The van der Waals surface area contributed by atoms with Crippen molar-refractivity contribution in [2.45, 2.75) is 26.9 Å². The summed E-state index contributed by atoms with van der Waals surface area (Å²) in [5.41, 5.74) is 3.74. The fraction of sp³-hybridized carbons (Fsp3) is 0.227. The van der Waals surface area contributed by atoms with Crippen LogP contribution in [0.5, 0.6) is 5.75 Å². The summed E-state index contributed by atoms with van der Waals surface area (Å²) in [6.45, 7) is 4.53. The Bertz CT molecular complexity index is 1210. The van der Waals surface area contributed by atoms with Gasteiger partial charge in [0.25, 0.3) is 5.91 Å². The van der Waals surface area contributed by atoms with Gasteiger partial charge in [-0.2, -0.15) is 0 Å². The van der Waals surface area contributed by atoms with Crippen LogP contribution < -0.4 is 10.1 Å². The average Bonchev–Trinajstić information content (AvgIpc) is 3.29. The zero-order valence-corrected chi connectivity index (χ0v) is 18.5. The third-order valence-corrected chi connectivity index (χ3v) is 5.36. The van der Waals surface area contributed by atoms with Crippen LogP contribution in [0.15, 0.2) is 47.2 Å². The Balaban J connectivity index is 1.30. The van der Waals surface area contributed by atoms with Gasteiger partial charge in [-0.1, -0.05) is 28.4 Å². The second kappa shape index (κ2) is 8.99. The summed E-state index contributed by atoms with van der Waals surface area (Å²) >= 11 is 12.2. The van der Waals surface area contributed by atoms with Crippen molar-refractivity contribution in [1.29, 1.82) is 0 Å². The molecule has 0 unspecified atom stereocenters. The van der Waals surface area contributed by atoms with Crippen LogP contribution in [0.4, 0.5) is 0 Å². The molecule has 0 atom stereocenters. The fourth-order valence-corrected chi connectivity index (χ4v) is 3.70. The van der Waals surface area contributed by atoms with E-state index in [1.165, 1.54) is 0 Å². The summed E-state index contributed by atoms with van der Waals surface area (Å²) in [7, 11) is 0. The van der Waals surface area contributed by atoms with Gasteiger partial charge >= 0.3 is 0 Å². The van der Waals surface area contributed by atoms with Gasteiger partial charge in [0.05, 0.1) is 27.0 Å². The van der Waals surface area contributed by atoms with E-state index in [0.29, 0.717) is 46.6 Å². The number of halogens is 2. The predicted octanol–water partition coefficient (Wildman–Crippen LogP) is 4.80. The van der Waals surface area contributed by atoms with E-state index in [4.69, 9.17) is 32.5 Å². The lowest BCUT2D eigenvalue weighted by Crippen LogP contribution is -2.25. The number of rotatable bonds is 7. The molecular formula is C22H20Cl2N4O3. The lowest BCUT2D eigenvalue weighted by atomic mass is 10.2. The Labute approximate surface area is 188 Å². The van der Waals surface area contributed by atoms with Gasteiger partial charge in [-0.25, -0.2) is 4.98 Å². The number of imidazole rings is 1. The van der Waals surface area contributed by atoms with Crippen molar-refractivity contribution in [2.75, 3.05) is 6.54 Å². The number of carbonyl (C=O) groups excluding carboxylic acids is 1. The first-order valence-corrected chi connectivity index (χ1v) is 10.4. The number of hydrogen-bond donors (Lipinski definition) is 1. The molecule has 1 aromatic carbocycles. The summed E-state index contributed by atoms with van der Waals surface area (Å²) in [6, 6.07) is 8.63. The van der Waals surface area contributed by atoms with Crippen LogP contribution in [-0.2, 0) is 13.0 Å². The third-order valence-electron chi connectivity index (χ3n) is 4.87. The van der Waals surface area contributed by atoms with Crippen LogP contribution in [0, 0.1) is 13.8 Å². The Morgan fingerprint density at radius 2 is 1.97 bits per heavy atom. The Morgan fingerprint density at radius 3 is 2.68 bits per heavy atom. The van der Waals surface area contributed by atoms with E-state index in [9.17, 15) is 4.79 Å². The molecular weight excluding hydrogens is 439 g/mol. The van der Waals surface area contributed by atoms with Gasteiger partial charge < -0.3 is 19.0 Å². The standard InChI is InChI=1S/C22H20Cl2N4O3/c1-13-19(14(2)31-27-13)12-30-18-5-3-15(4-6-18)22(29)25-8-7-17-11-28-10-16(23)9-20(24)21(28)26-17/h3-6,9-11H,7-8,12H2,1-2H3,(H,25,29). The SMILES string of the molecule is Cc1noc(C)c1COc1ccc(C(=O)NCCc2cn3cc(Cl)cc(Cl)c3n2)cc1. The number of nitrogens with one attached hydrogen (secondary N) is 1. The quantitative estimate of drug-likeness (QED) is 0.430. The van der Waals surface area contributed by atoms with Crippen molar-refractivity contribution in [1.82, 2.24) is 19.9 Å². The lowest BCUT2D eigenvalue weighted by molar-refractivity contribution is 0.0954. The maximum Gasteiger partial charge on any atom is 0.251 e. The van der Waals surface area contributed by atoms with E-state index in [-0.39, 0.29) is 5.91 Å². The minimum absolute atomic E-state index is 0.165. The topological polar surface area (TPSA) is 81.7 Å². The number of pyridine rings is 1. The molecule has 0 aliphatic carbocycles. The van der Waals surface area contributed by atoms with Crippen molar-refractivity contribution in [3.63, 3.8) is 0 Å². The molecule has 3 aromatic heterocycles. The Kier molecular flexibility index (Phi) is 6.15. The molecule has 4 rings (SSSR count). The molecule has 0 saturated carbocycles. The molecule has 9 heteroatoms. The number of hydrogen-bond acceptors (Lipinski definition) is 5. The molecule has 0 fully saturated rings. The number of amides is 1. The van der Waals surface area contributed by atoms with E-state index >= 15 is 0 Å². The van der Waals surface area contributed by atoms with E-state index in [1.54, 1.807) is 40.9 Å². The van der Waals surface area contributed by atoms with Crippen molar-refractivity contribution >= 4 is 34.8 Å². The highest BCUT2D eigenvalue weighted by atomic mass is 35.5. The molecule has 0 bridgehead atoms. The van der Waals surface area contributed by atoms with Gasteiger partial charge in [-0.15, -0.1) is 0 Å². The molecule has 31 heavy (non-hydrogen) atoms. The van der Waals surface area contributed by atoms with Gasteiger partial charge in [-0.05, 0) is 44.2 Å². The van der Waals surface area contributed by atoms with Gasteiger partial charge in [0.2, 0.25) is 0 Å². The number of fused-ring (bicyclic) bond motifs is 1. The number of ether oxygens (including phenoxy) is 1. The van der Waals surface area contributed by atoms with Crippen LogP contribution in [0.2, 0.25) is 10.0 Å². The van der Waals surface area contributed by atoms with Crippen LogP contribution in [0.3, 0.4) is 0 Å². The van der Waals surface area contributed by atoms with Crippen molar-refractivity contribution < 1.29 is 14.1 Å². The number of aryl methyl sites for hydroxylation is 2. The number of aromatic nitrogens is 3. The summed E-state index contributed by atoms with van der Waals surface area (Å²) in [4.78, 5) is 16.9. The first kappa shape index (κ1) is 21.2. The number of benzene rings is 1. The zero-order chi connectivity index (χ0) is 22.0. The summed E-state index contributed by atoms with van der Waals surface area (Å²) in [5, 5.41) is 7.83. The highest BCUT2D eigenvalue weighted by Gasteiger charge is 2.11. The second-order valence-electron chi connectivity index (χ2n) is 7.09. The minimum Gasteiger partial charge on any atom is -0.489 e. The Hall–Kier alpha value is -3.03. The molecule has 0 aliphatic heterocycles. The van der Waals surface area contributed by atoms with E-state index < -0.39 is 0 Å². The fourth-order valence-electron chi connectivity index (χ4n) is 3.17. The van der Waals surface area contributed by atoms with Crippen LogP contribution in [0.1, 0.15) is 33.1 Å². The highest BCUT2D eigenvalue weighted by molar-refractivity contribution is 6.36. The molecule has 4 aromatic rings. The molecule has 1 amide bonds. The first-order chi connectivity index (χ1) is 14.9. The van der Waals surface area contributed by atoms with Gasteiger partial charge in [0.15, 0.2) is 5.65 Å². The first-order valence-electron chi connectivity index (χ1n) is 9.66. The van der Waals surface area contributed by atoms with Crippen LogP contribution in [0.25, 0.3) is 5.65 Å². The predicted molar refractivity (Wildman–Crippen MR) is 118 cm³/mol. The Morgan fingerprint density at radius 1 is 1.19 bits per heavy atom. The maximum atomic E-state index is 12.4. The monoisotopic (exact) mass is 458 g/mol. The van der Waals surface area contributed by atoms with Crippen molar-refractivity contribution in [2.24, 2.45) is 0 Å². The molecule has 160 valence electrons. The molecule has 0 radical (unpaired) electrons. The molecule has 0 spiro atoms. The van der Waals surface area contributed by atoms with E-state index in [2.05, 4.69) is 15.5 Å². The maximum absolute atomic E-state index is 12.4. The highest BCUT2D eigenvalue weighted by Crippen LogP contribution is 2.22. The molecule has 7 nitrogen and oxygen atoms in total. The normalized spacial score (nSPS) is 11.1. The number of carbonyl (C=O) groups is 1. The molecule has 1 N–H and O–H groups in total. The summed E-state index contributed by atoms with van der Waals surface area (Å²) < 4.78 is 12.7. The third kappa shape index (κ3) is 4.84. The molecule has 0 saturated heterocycles. The van der Waals surface area contributed by atoms with Crippen LogP contribution in [-0.4, -0.2) is 27.0 Å². The average molecular weight is 459 g/mol. The van der Waals surface area contributed by atoms with E-state index in [1.807, 2.05) is 20.0 Å². The smallest absolute Gasteiger partial charge is 0.251 e. The molecule has 3 heterocycles. The minimum atomic E-state index is -0.165.